The van der Waals surface area contributed by atoms with E-state index in [4.69, 9.17) is 16.2 Å². The lowest BCUT2D eigenvalue weighted by Gasteiger charge is -2.16. The van der Waals surface area contributed by atoms with E-state index in [1.807, 2.05) is 0 Å². The lowest BCUT2D eigenvalue weighted by Crippen LogP contribution is -2.33. The zero-order valence-corrected chi connectivity index (χ0v) is 8.93. The number of carbonyl (C=O) groups excluding carboxylic acids is 1. The number of ether oxygens (including phenoxy) is 1. The molecule has 86 valence electrons. The normalized spacial score (nSPS) is 24.3. The van der Waals surface area contributed by atoms with Gasteiger partial charge in [0.25, 0.3) is 0 Å². The molecular weight excluding hydrogens is 206 g/mol. The first-order chi connectivity index (χ1) is 7.66. The van der Waals surface area contributed by atoms with Crippen molar-refractivity contribution >= 4 is 5.91 Å². The molecule has 2 atom stereocenters. The van der Waals surface area contributed by atoms with Crippen molar-refractivity contribution in [2.75, 3.05) is 0 Å². The number of hydrogen-bond donors (Lipinski definition) is 2. The average Bonchev–Trinajstić information content (AvgIpc) is 2.65. The van der Waals surface area contributed by atoms with E-state index in [0.29, 0.717) is 11.4 Å². The van der Waals surface area contributed by atoms with Crippen LogP contribution < -0.4 is 16.2 Å². The van der Waals surface area contributed by atoms with Crippen LogP contribution in [0.4, 0.5) is 0 Å². The Morgan fingerprint density at radius 2 is 2.31 bits per heavy atom. The Morgan fingerprint density at radius 1 is 1.50 bits per heavy atom. The summed E-state index contributed by atoms with van der Waals surface area (Å²) in [7, 11) is 0. The Hall–Kier alpha value is -1.62. The molecule has 0 radical (unpaired) electrons. The summed E-state index contributed by atoms with van der Waals surface area (Å²) in [6.07, 6.45) is 4.48. The summed E-state index contributed by atoms with van der Waals surface area (Å²) < 4.78 is 5.63. The van der Waals surface area contributed by atoms with Crippen LogP contribution >= 0.6 is 0 Å². The molecule has 16 heavy (non-hydrogen) atoms. The van der Waals surface area contributed by atoms with Crippen LogP contribution in [0.15, 0.2) is 18.3 Å². The maximum Gasteiger partial charge on any atom is 0.248 e. The van der Waals surface area contributed by atoms with E-state index >= 15 is 0 Å². The van der Waals surface area contributed by atoms with Crippen molar-refractivity contribution in [1.82, 2.24) is 4.98 Å². The second-order valence-electron chi connectivity index (χ2n) is 4.00. The number of rotatable bonds is 3. The van der Waals surface area contributed by atoms with E-state index in [1.165, 1.54) is 6.20 Å². The minimum Gasteiger partial charge on any atom is -0.473 e. The molecule has 0 bridgehead atoms. The number of primary amides is 1. The molecule has 1 amide bonds. The molecule has 2 unspecified atom stereocenters. The highest BCUT2D eigenvalue weighted by Gasteiger charge is 2.25. The molecule has 1 saturated carbocycles. The van der Waals surface area contributed by atoms with Crippen molar-refractivity contribution in [3.63, 3.8) is 0 Å². The van der Waals surface area contributed by atoms with Gasteiger partial charge in [-0.15, -0.1) is 0 Å². The van der Waals surface area contributed by atoms with Gasteiger partial charge < -0.3 is 16.2 Å². The van der Waals surface area contributed by atoms with Crippen molar-refractivity contribution in [3.05, 3.63) is 23.9 Å². The fourth-order valence-electron chi connectivity index (χ4n) is 1.88. The molecule has 1 aromatic rings. The highest BCUT2D eigenvalue weighted by molar-refractivity contribution is 5.92. The maximum absolute atomic E-state index is 11.0. The zero-order chi connectivity index (χ0) is 11.5. The molecular formula is C11H15N3O2. The molecule has 1 fully saturated rings. The molecule has 0 spiro atoms. The van der Waals surface area contributed by atoms with Gasteiger partial charge in [0, 0.05) is 23.9 Å². The SMILES string of the molecule is NC(=O)c1ccnc(OC2CCCC2N)c1. The summed E-state index contributed by atoms with van der Waals surface area (Å²) in [6, 6.07) is 3.16. The van der Waals surface area contributed by atoms with Crippen LogP contribution in [0.3, 0.4) is 0 Å². The van der Waals surface area contributed by atoms with Crippen LogP contribution in [0.5, 0.6) is 5.88 Å². The molecule has 1 aromatic heterocycles. The molecule has 1 aliphatic carbocycles. The molecule has 0 aromatic carbocycles. The summed E-state index contributed by atoms with van der Waals surface area (Å²) in [5.41, 5.74) is 11.5. The molecule has 2 rings (SSSR count). The van der Waals surface area contributed by atoms with Gasteiger partial charge in [-0.3, -0.25) is 4.79 Å². The Kier molecular flexibility index (Phi) is 3.05. The summed E-state index contributed by atoms with van der Waals surface area (Å²) in [5, 5.41) is 0. The van der Waals surface area contributed by atoms with Crippen LogP contribution in [-0.2, 0) is 0 Å². The van der Waals surface area contributed by atoms with Crippen molar-refractivity contribution in [1.29, 1.82) is 0 Å². The van der Waals surface area contributed by atoms with Crippen molar-refractivity contribution in [2.24, 2.45) is 11.5 Å². The van der Waals surface area contributed by atoms with E-state index in [-0.39, 0.29) is 12.1 Å². The van der Waals surface area contributed by atoms with Crippen LogP contribution in [0, 0.1) is 0 Å². The molecule has 5 heteroatoms. The van der Waals surface area contributed by atoms with E-state index in [9.17, 15) is 4.79 Å². The van der Waals surface area contributed by atoms with Crippen LogP contribution in [0.1, 0.15) is 29.6 Å². The van der Waals surface area contributed by atoms with Gasteiger partial charge in [-0.2, -0.15) is 0 Å². The topological polar surface area (TPSA) is 91.2 Å². The quantitative estimate of drug-likeness (QED) is 0.774. The molecule has 4 N–H and O–H groups in total. The number of amides is 1. The Balaban J connectivity index is 2.09. The molecule has 0 saturated heterocycles. The van der Waals surface area contributed by atoms with Gasteiger partial charge in [0.05, 0.1) is 0 Å². The minimum absolute atomic E-state index is 0.00405. The smallest absolute Gasteiger partial charge is 0.248 e. The molecule has 1 aliphatic rings. The number of carbonyl (C=O) groups is 1. The largest absolute Gasteiger partial charge is 0.473 e. The Labute approximate surface area is 93.8 Å². The van der Waals surface area contributed by atoms with E-state index < -0.39 is 5.91 Å². The zero-order valence-electron chi connectivity index (χ0n) is 8.93. The van der Waals surface area contributed by atoms with Crippen molar-refractivity contribution in [3.8, 4) is 5.88 Å². The summed E-state index contributed by atoms with van der Waals surface area (Å²) in [4.78, 5) is 15.0. The van der Waals surface area contributed by atoms with E-state index in [0.717, 1.165) is 19.3 Å². The third-order valence-corrected chi connectivity index (χ3v) is 2.80. The first-order valence-corrected chi connectivity index (χ1v) is 5.35. The predicted molar refractivity (Wildman–Crippen MR) is 59.0 cm³/mol. The van der Waals surface area contributed by atoms with Crippen LogP contribution in [0.2, 0.25) is 0 Å². The van der Waals surface area contributed by atoms with Crippen LogP contribution in [0.25, 0.3) is 0 Å². The number of nitrogens with zero attached hydrogens (tertiary/aromatic N) is 1. The second kappa shape index (κ2) is 4.49. The van der Waals surface area contributed by atoms with Gasteiger partial charge in [0.1, 0.15) is 6.10 Å². The minimum atomic E-state index is -0.483. The van der Waals surface area contributed by atoms with Crippen molar-refractivity contribution in [2.45, 2.75) is 31.4 Å². The Morgan fingerprint density at radius 3 is 2.94 bits per heavy atom. The van der Waals surface area contributed by atoms with E-state index in [1.54, 1.807) is 12.1 Å². The number of pyridine rings is 1. The third kappa shape index (κ3) is 2.30. The predicted octanol–water partition coefficient (Wildman–Crippen LogP) is 0.439. The molecule has 0 aliphatic heterocycles. The number of hydrogen-bond acceptors (Lipinski definition) is 4. The maximum atomic E-state index is 11.0. The van der Waals surface area contributed by atoms with Crippen molar-refractivity contribution < 1.29 is 9.53 Å². The fraction of sp³-hybridized carbons (Fsp3) is 0.455. The molecule has 1 heterocycles. The van der Waals surface area contributed by atoms with Gasteiger partial charge in [-0.05, 0) is 25.3 Å². The van der Waals surface area contributed by atoms with Gasteiger partial charge >= 0.3 is 0 Å². The summed E-state index contributed by atoms with van der Waals surface area (Å²) in [6.45, 7) is 0. The highest BCUT2D eigenvalue weighted by atomic mass is 16.5. The second-order valence-corrected chi connectivity index (χ2v) is 4.00. The standard InChI is InChI=1S/C11H15N3O2/c12-8-2-1-3-9(8)16-10-6-7(11(13)15)4-5-14-10/h4-6,8-9H,1-3,12H2,(H2,13,15). The Bertz CT molecular complexity index is 395. The highest BCUT2D eigenvalue weighted by Crippen LogP contribution is 2.22. The average molecular weight is 221 g/mol. The molecule has 5 nitrogen and oxygen atoms in total. The lowest BCUT2D eigenvalue weighted by atomic mass is 10.2. The number of aromatic nitrogens is 1. The number of nitrogens with two attached hydrogens (primary N) is 2. The van der Waals surface area contributed by atoms with Gasteiger partial charge in [-0.25, -0.2) is 4.98 Å². The van der Waals surface area contributed by atoms with E-state index in [2.05, 4.69) is 4.98 Å². The van der Waals surface area contributed by atoms with Gasteiger partial charge in [0.2, 0.25) is 11.8 Å². The lowest BCUT2D eigenvalue weighted by molar-refractivity contribution is 0.0999. The van der Waals surface area contributed by atoms with Gasteiger partial charge in [-0.1, -0.05) is 0 Å². The monoisotopic (exact) mass is 221 g/mol. The first-order valence-electron chi connectivity index (χ1n) is 5.35. The van der Waals surface area contributed by atoms with Gasteiger partial charge in [0.15, 0.2) is 0 Å². The summed E-state index contributed by atoms with van der Waals surface area (Å²) >= 11 is 0. The summed E-state index contributed by atoms with van der Waals surface area (Å²) in [5.74, 6) is -0.0679. The first kappa shape index (κ1) is 10.9. The van der Waals surface area contributed by atoms with Crippen LogP contribution in [-0.4, -0.2) is 23.0 Å². The fourth-order valence-corrected chi connectivity index (χ4v) is 1.88. The third-order valence-electron chi connectivity index (χ3n) is 2.80.